The molecule has 0 saturated carbocycles. The summed E-state index contributed by atoms with van der Waals surface area (Å²) in [7, 11) is 0. The van der Waals surface area contributed by atoms with Crippen LogP contribution in [0.2, 0.25) is 0 Å². The number of rotatable bonds is 4. The van der Waals surface area contributed by atoms with E-state index in [0.29, 0.717) is 6.04 Å². The molecule has 1 aliphatic heterocycles. The van der Waals surface area contributed by atoms with Gasteiger partial charge in [-0.15, -0.1) is 11.3 Å². The zero-order valence-electron chi connectivity index (χ0n) is 10.7. The number of halogens is 1. The van der Waals surface area contributed by atoms with Gasteiger partial charge in [-0.2, -0.15) is 0 Å². The number of piperidine rings is 1. The summed E-state index contributed by atoms with van der Waals surface area (Å²) in [6.45, 7) is 4.02. The number of hydrogen-bond acceptors (Lipinski definition) is 4. The van der Waals surface area contributed by atoms with Gasteiger partial charge in [-0.05, 0) is 41.3 Å². The highest BCUT2D eigenvalue weighted by molar-refractivity contribution is 9.10. The maximum atomic E-state index is 9.62. The van der Waals surface area contributed by atoms with E-state index in [1.165, 1.54) is 4.88 Å². The number of nitrogens with two attached hydrogens (primary N) is 1. The molecule has 18 heavy (non-hydrogen) atoms. The third-order valence-corrected chi connectivity index (χ3v) is 5.41. The smallest absolute Gasteiger partial charge is 0.0593 e. The average molecular weight is 333 g/mol. The van der Waals surface area contributed by atoms with E-state index in [1.807, 2.05) is 0 Å². The summed E-state index contributed by atoms with van der Waals surface area (Å²) in [5.74, 6) is 0. The van der Waals surface area contributed by atoms with Crippen LogP contribution in [0.5, 0.6) is 0 Å². The van der Waals surface area contributed by atoms with Gasteiger partial charge in [0.2, 0.25) is 0 Å². The fourth-order valence-corrected chi connectivity index (χ4v) is 4.19. The average Bonchev–Trinajstić information content (AvgIpc) is 2.78. The largest absolute Gasteiger partial charge is 0.393 e. The molecular weight excluding hydrogens is 312 g/mol. The third kappa shape index (κ3) is 3.33. The van der Waals surface area contributed by atoms with Crippen molar-refractivity contribution >= 4 is 27.3 Å². The normalized spacial score (nSPS) is 22.0. The minimum atomic E-state index is -0.130. The lowest BCUT2D eigenvalue weighted by Gasteiger charge is -2.38. The van der Waals surface area contributed by atoms with Gasteiger partial charge in [0.05, 0.1) is 12.1 Å². The Bertz CT molecular complexity index is 377. The van der Waals surface area contributed by atoms with Crippen LogP contribution in [0.15, 0.2) is 15.9 Å². The molecule has 0 amide bonds. The van der Waals surface area contributed by atoms with Crippen molar-refractivity contribution in [2.24, 2.45) is 5.73 Å². The van der Waals surface area contributed by atoms with Crippen LogP contribution < -0.4 is 5.73 Å². The van der Waals surface area contributed by atoms with Gasteiger partial charge < -0.3 is 10.8 Å². The molecule has 102 valence electrons. The summed E-state index contributed by atoms with van der Waals surface area (Å²) in [5.41, 5.74) is 6.31. The van der Waals surface area contributed by atoms with E-state index in [-0.39, 0.29) is 12.1 Å². The lowest BCUT2D eigenvalue weighted by Crippen LogP contribution is -2.45. The van der Waals surface area contributed by atoms with Gasteiger partial charge in [0.1, 0.15) is 0 Å². The van der Waals surface area contributed by atoms with Crippen molar-refractivity contribution < 1.29 is 5.11 Å². The van der Waals surface area contributed by atoms with Crippen molar-refractivity contribution in [3.63, 3.8) is 0 Å². The fraction of sp³-hybridized carbons (Fsp3) is 0.692. The highest BCUT2D eigenvalue weighted by Gasteiger charge is 2.29. The number of aliphatic hydroxyl groups is 1. The number of nitrogens with zero attached hydrogens (tertiary/aromatic N) is 1. The Morgan fingerprint density at radius 1 is 1.56 bits per heavy atom. The van der Waals surface area contributed by atoms with E-state index < -0.39 is 0 Å². The molecule has 0 radical (unpaired) electrons. The lowest BCUT2D eigenvalue weighted by molar-refractivity contribution is 0.0538. The summed E-state index contributed by atoms with van der Waals surface area (Å²) < 4.78 is 1.13. The van der Waals surface area contributed by atoms with E-state index in [4.69, 9.17) is 5.73 Å². The van der Waals surface area contributed by atoms with Crippen LogP contribution >= 0.6 is 27.3 Å². The number of aliphatic hydroxyl groups excluding tert-OH is 1. The van der Waals surface area contributed by atoms with Gasteiger partial charge in [-0.25, -0.2) is 0 Å². The van der Waals surface area contributed by atoms with E-state index >= 15 is 0 Å². The van der Waals surface area contributed by atoms with Gasteiger partial charge in [0.15, 0.2) is 0 Å². The third-order valence-electron chi connectivity index (χ3n) is 3.65. The molecule has 0 aliphatic carbocycles. The highest BCUT2D eigenvalue weighted by atomic mass is 79.9. The Hall–Kier alpha value is 0.0600. The van der Waals surface area contributed by atoms with Crippen LogP contribution in [-0.2, 0) is 0 Å². The molecule has 1 fully saturated rings. The predicted octanol–water partition coefficient (Wildman–Crippen LogP) is 2.75. The molecule has 2 unspecified atom stereocenters. The van der Waals surface area contributed by atoms with Crippen molar-refractivity contribution in [1.29, 1.82) is 0 Å². The standard InChI is InChI=1S/C13H21BrN2OS/c1-2-11(15)13(12-7-9(14)8-18-12)16-5-3-10(17)4-6-16/h7-8,10-11,13,17H,2-6,15H2,1H3. The highest BCUT2D eigenvalue weighted by Crippen LogP contribution is 2.33. The number of likely N-dealkylation sites (tertiary alicyclic amines) is 1. The molecule has 2 heterocycles. The Morgan fingerprint density at radius 3 is 2.72 bits per heavy atom. The second-order valence-electron chi connectivity index (χ2n) is 4.95. The van der Waals surface area contributed by atoms with Crippen LogP contribution in [0.25, 0.3) is 0 Å². The van der Waals surface area contributed by atoms with Crippen LogP contribution in [-0.4, -0.2) is 35.2 Å². The molecule has 1 aromatic rings. The molecule has 0 spiro atoms. The van der Waals surface area contributed by atoms with Gasteiger partial charge >= 0.3 is 0 Å². The Labute approximate surface area is 121 Å². The van der Waals surface area contributed by atoms with Crippen LogP contribution in [0.1, 0.15) is 37.1 Å². The molecule has 3 N–H and O–H groups in total. The monoisotopic (exact) mass is 332 g/mol. The Balaban J connectivity index is 2.15. The molecule has 0 bridgehead atoms. The molecule has 1 aromatic heterocycles. The number of hydrogen-bond donors (Lipinski definition) is 2. The minimum Gasteiger partial charge on any atom is -0.393 e. The second kappa shape index (κ2) is 6.48. The van der Waals surface area contributed by atoms with E-state index in [1.54, 1.807) is 11.3 Å². The molecule has 1 aliphatic rings. The topological polar surface area (TPSA) is 49.5 Å². The molecule has 2 rings (SSSR count). The second-order valence-corrected chi connectivity index (χ2v) is 6.81. The molecule has 2 atom stereocenters. The fourth-order valence-electron chi connectivity index (χ4n) is 2.53. The van der Waals surface area contributed by atoms with E-state index in [2.05, 4.69) is 39.2 Å². The van der Waals surface area contributed by atoms with Gasteiger partial charge in [0, 0.05) is 33.9 Å². The first-order valence-corrected chi connectivity index (χ1v) is 8.20. The zero-order valence-corrected chi connectivity index (χ0v) is 13.1. The first-order chi connectivity index (χ1) is 8.61. The molecule has 1 saturated heterocycles. The van der Waals surface area contributed by atoms with Crippen LogP contribution in [0.4, 0.5) is 0 Å². The predicted molar refractivity (Wildman–Crippen MR) is 79.8 cm³/mol. The first-order valence-electron chi connectivity index (χ1n) is 6.53. The lowest BCUT2D eigenvalue weighted by atomic mass is 9.99. The summed E-state index contributed by atoms with van der Waals surface area (Å²) in [5, 5.41) is 11.7. The van der Waals surface area contributed by atoms with Crippen LogP contribution in [0.3, 0.4) is 0 Å². The molecular formula is C13H21BrN2OS. The summed E-state index contributed by atoms with van der Waals surface area (Å²) in [4.78, 5) is 3.76. The van der Waals surface area contributed by atoms with Crippen molar-refractivity contribution in [2.45, 2.75) is 44.4 Å². The summed E-state index contributed by atoms with van der Waals surface area (Å²) in [6, 6.07) is 2.63. The molecule has 5 heteroatoms. The van der Waals surface area contributed by atoms with Gasteiger partial charge in [0.25, 0.3) is 0 Å². The zero-order chi connectivity index (χ0) is 13.1. The van der Waals surface area contributed by atoms with E-state index in [9.17, 15) is 5.11 Å². The first kappa shape index (κ1) is 14.5. The molecule has 0 aromatic carbocycles. The van der Waals surface area contributed by atoms with Gasteiger partial charge in [-0.3, -0.25) is 4.90 Å². The number of thiophene rings is 1. The van der Waals surface area contributed by atoms with Gasteiger partial charge in [-0.1, -0.05) is 6.92 Å². The SMILES string of the molecule is CCC(N)C(c1cc(Br)cs1)N1CCC(O)CC1. The summed E-state index contributed by atoms with van der Waals surface area (Å²) in [6.07, 6.45) is 2.56. The maximum Gasteiger partial charge on any atom is 0.0593 e. The quantitative estimate of drug-likeness (QED) is 0.891. The summed E-state index contributed by atoms with van der Waals surface area (Å²) >= 11 is 5.28. The van der Waals surface area contributed by atoms with E-state index in [0.717, 1.165) is 36.8 Å². The van der Waals surface area contributed by atoms with Crippen molar-refractivity contribution in [3.8, 4) is 0 Å². The minimum absolute atomic E-state index is 0.130. The Kier molecular flexibility index (Phi) is 5.21. The Morgan fingerprint density at radius 2 is 2.22 bits per heavy atom. The van der Waals surface area contributed by atoms with Crippen molar-refractivity contribution in [1.82, 2.24) is 4.90 Å². The van der Waals surface area contributed by atoms with Crippen molar-refractivity contribution in [2.75, 3.05) is 13.1 Å². The van der Waals surface area contributed by atoms with Crippen LogP contribution in [0, 0.1) is 0 Å². The van der Waals surface area contributed by atoms with Crippen molar-refractivity contribution in [3.05, 3.63) is 20.8 Å². The maximum absolute atomic E-state index is 9.62. The molecule has 3 nitrogen and oxygen atoms in total.